The number of benzene rings is 2. The molecule has 2 aromatic carbocycles. The van der Waals surface area contributed by atoms with Crippen molar-refractivity contribution in [2.45, 2.75) is 6.92 Å². The molecule has 0 saturated carbocycles. The number of halogens is 1. The van der Waals surface area contributed by atoms with Crippen LogP contribution in [0, 0.1) is 6.92 Å². The van der Waals surface area contributed by atoms with Gasteiger partial charge in [-0.15, -0.1) is 10.2 Å². The minimum absolute atomic E-state index is 0.125. The van der Waals surface area contributed by atoms with Crippen LogP contribution >= 0.6 is 11.6 Å². The Balaban J connectivity index is 1.92. The van der Waals surface area contributed by atoms with E-state index in [1.54, 1.807) is 41.5 Å². The summed E-state index contributed by atoms with van der Waals surface area (Å²) in [6, 6.07) is 8.82. The molecular formula is C16H11ClN4O2. The zero-order valence-corrected chi connectivity index (χ0v) is 12.8. The van der Waals surface area contributed by atoms with Gasteiger partial charge in [-0.25, -0.2) is 4.98 Å². The lowest BCUT2D eigenvalue weighted by molar-refractivity contribution is 0.470. The highest BCUT2D eigenvalue weighted by Crippen LogP contribution is 2.35. The first-order chi connectivity index (χ1) is 11.1. The summed E-state index contributed by atoms with van der Waals surface area (Å²) in [5, 5.41) is 18.6. The van der Waals surface area contributed by atoms with Crippen molar-refractivity contribution in [2.75, 3.05) is 0 Å². The molecule has 4 rings (SSSR count). The first-order valence-electron chi connectivity index (χ1n) is 6.87. The van der Waals surface area contributed by atoms with Crippen LogP contribution in [0.15, 0.2) is 47.4 Å². The van der Waals surface area contributed by atoms with Crippen LogP contribution in [-0.4, -0.2) is 24.9 Å². The molecule has 1 N–H and O–H groups in total. The fourth-order valence-electron chi connectivity index (χ4n) is 2.42. The first-order valence-corrected chi connectivity index (χ1v) is 7.25. The summed E-state index contributed by atoms with van der Waals surface area (Å²) in [6.45, 7) is 1.81. The van der Waals surface area contributed by atoms with E-state index in [1.807, 2.05) is 13.0 Å². The highest BCUT2D eigenvalue weighted by Gasteiger charge is 2.16. The smallest absolute Gasteiger partial charge is 0.231 e. The van der Waals surface area contributed by atoms with E-state index in [-0.39, 0.29) is 5.75 Å². The number of hydrogen-bond donors (Lipinski definition) is 1. The van der Waals surface area contributed by atoms with Crippen LogP contribution < -0.4 is 0 Å². The van der Waals surface area contributed by atoms with Crippen molar-refractivity contribution in [2.24, 2.45) is 0 Å². The second-order valence-electron chi connectivity index (χ2n) is 5.16. The van der Waals surface area contributed by atoms with Gasteiger partial charge in [0, 0.05) is 10.7 Å². The van der Waals surface area contributed by atoms with E-state index in [2.05, 4.69) is 15.2 Å². The van der Waals surface area contributed by atoms with Crippen molar-refractivity contribution in [3.63, 3.8) is 0 Å². The zero-order chi connectivity index (χ0) is 16.0. The number of phenols is 1. The monoisotopic (exact) mass is 326 g/mol. The van der Waals surface area contributed by atoms with Gasteiger partial charge < -0.3 is 9.52 Å². The van der Waals surface area contributed by atoms with E-state index < -0.39 is 0 Å². The lowest BCUT2D eigenvalue weighted by Gasteiger charge is -2.08. The van der Waals surface area contributed by atoms with Crippen molar-refractivity contribution < 1.29 is 9.52 Å². The average Bonchev–Trinajstić information content (AvgIpc) is 3.18. The number of aryl methyl sites for hydroxylation is 1. The largest absolute Gasteiger partial charge is 0.507 e. The van der Waals surface area contributed by atoms with Crippen LogP contribution in [0.1, 0.15) is 5.56 Å². The van der Waals surface area contributed by atoms with E-state index in [4.69, 9.17) is 16.0 Å². The predicted octanol–water partition coefficient (Wildman–Crippen LogP) is 3.74. The van der Waals surface area contributed by atoms with Crippen LogP contribution in [0.5, 0.6) is 5.75 Å². The summed E-state index contributed by atoms with van der Waals surface area (Å²) < 4.78 is 7.49. The van der Waals surface area contributed by atoms with Gasteiger partial charge in [-0.3, -0.25) is 4.57 Å². The Bertz CT molecular complexity index is 1010. The minimum atomic E-state index is 0.125. The SMILES string of the molecule is Cc1cc(-n2cnnc2)cc(-c2nc3cc(Cl)ccc3o2)c1O. The standard InChI is InChI=1S/C16H11ClN4O2/c1-9-4-11(21-7-18-19-8-21)6-12(15(9)22)16-20-13-5-10(17)2-3-14(13)23-16/h2-8,22H,1H3. The molecule has 6 nitrogen and oxygen atoms in total. The highest BCUT2D eigenvalue weighted by molar-refractivity contribution is 6.31. The number of nitrogens with zero attached hydrogens (tertiary/aromatic N) is 4. The van der Waals surface area contributed by atoms with Gasteiger partial charge in [-0.05, 0) is 42.8 Å². The molecule has 0 atom stereocenters. The normalized spacial score (nSPS) is 11.2. The summed E-state index contributed by atoms with van der Waals surface area (Å²) >= 11 is 5.97. The van der Waals surface area contributed by atoms with Gasteiger partial charge in [-0.2, -0.15) is 0 Å². The van der Waals surface area contributed by atoms with Gasteiger partial charge in [0.05, 0.1) is 5.56 Å². The first kappa shape index (κ1) is 13.8. The molecule has 0 bridgehead atoms. The van der Waals surface area contributed by atoms with Crippen LogP contribution in [-0.2, 0) is 0 Å². The zero-order valence-electron chi connectivity index (χ0n) is 12.1. The fraction of sp³-hybridized carbons (Fsp3) is 0.0625. The Labute approximate surface area is 136 Å². The Morgan fingerprint density at radius 3 is 2.70 bits per heavy atom. The third kappa shape index (κ3) is 2.33. The fourth-order valence-corrected chi connectivity index (χ4v) is 2.59. The van der Waals surface area contributed by atoms with Gasteiger partial charge in [0.25, 0.3) is 0 Å². The second kappa shape index (κ2) is 5.10. The lowest BCUT2D eigenvalue weighted by Crippen LogP contribution is -1.93. The van der Waals surface area contributed by atoms with E-state index >= 15 is 0 Å². The molecular weight excluding hydrogens is 316 g/mol. The third-order valence-electron chi connectivity index (χ3n) is 3.58. The molecule has 0 aliphatic rings. The van der Waals surface area contributed by atoms with Crippen LogP contribution in [0.25, 0.3) is 28.2 Å². The van der Waals surface area contributed by atoms with Crippen molar-refractivity contribution in [3.05, 3.63) is 53.6 Å². The van der Waals surface area contributed by atoms with Crippen LogP contribution in [0.4, 0.5) is 0 Å². The molecule has 0 aliphatic heterocycles. The average molecular weight is 327 g/mol. The summed E-state index contributed by atoms with van der Waals surface area (Å²) in [7, 11) is 0. The summed E-state index contributed by atoms with van der Waals surface area (Å²) in [5.41, 5.74) is 3.25. The number of oxazole rings is 1. The van der Waals surface area contributed by atoms with E-state index in [0.29, 0.717) is 33.1 Å². The third-order valence-corrected chi connectivity index (χ3v) is 3.82. The molecule has 0 amide bonds. The predicted molar refractivity (Wildman–Crippen MR) is 85.8 cm³/mol. The quantitative estimate of drug-likeness (QED) is 0.607. The minimum Gasteiger partial charge on any atom is -0.507 e. The summed E-state index contributed by atoms with van der Waals surface area (Å²) in [5.74, 6) is 0.456. The Morgan fingerprint density at radius 1 is 1.13 bits per heavy atom. The highest BCUT2D eigenvalue weighted by atomic mass is 35.5. The number of phenolic OH excluding ortho intramolecular Hbond substituents is 1. The molecule has 0 saturated heterocycles. The number of fused-ring (bicyclic) bond motifs is 1. The number of aromatic nitrogens is 4. The van der Waals surface area contributed by atoms with E-state index in [9.17, 15) is 5.11 Å². The number of rotatable bonds is 2. The van der Waals surface area contributed by atoms with Gasteiger partial charge >= 0.3 is 0 Å². The summed E-state index contributed by atoms with van der Waals surface area (Å²) in [4.78, 5) is 4.42. The van der Waals surface area contributed by atoms with Gasteiger partial charge in [0.1, 0.15) is 23.9 Å². The molecule has 0 radical (unpaired) electrons. The van der Waals surface area contributed by atoms with Crippen molar-refractivity contribution in [1.82, 2.24) is 19.7 Å². The van der Waals surface area contributed by atoms with Crippen LogP contribution in [0.2, 0.25) is 5.02 Å². The molecule has 0 unspecified atom stereocenters. The Morgan fingerprint density at radius 2 is 1.91 bits per heavy atom. The molecule has 114 valence electrons. The molecule has 0 spiro atoms. The van der Waals surface area contributed by atoms with Crippen molar-refractivity contribution in [3.8, 4) is 22.9 Å². The Kier molecular flexibility index (Phi) is 3.06. The lowest BCUT2D eigenvalue weighted by atomic mass is 10.1. The molecule has 2 heterocycles. The van der Waals surface area contributed by atoms with Gasteiger partial charge in [0.15, 0.2) is 5.58 Å². The maximum atomic E-state index is 10.4. The second-order valence-corrected chi connectivity index (χ2v) is 5.60. The van der Waals surface area contributed by atoms with Crippen molar-refractivity contribution in [1.29, 1.82) is 0 Å². The molecule has 2 aromatic heterocycles. The summed E-state index contributed by atoms with van der Waals surface area (Å²) in [6.07, 6.45) is 3.17. The molecule has 7 heteroatoms. The maximum Gasteiger partial charge on any atom is 0.231 e. The van der Waals surface area contributed by atoms with E-state index in [1.165, 1.54) is 0 Å². The Hall–Kier alpha value is -2.86. The molecule has 4 aromatic rings. The van der Waals surface area contributed by atoms with E-state index in [0.717, 1.165) is 5.69 Å². The number of aromatic hydroxyl groups is 1. The molecule has 0 aliphatic carbocycles. The van der Waals surface area contributed by atoms with Gasteiger partial charge in [0.2, 0.25) is 5.89 Å². The molecule has 23 heavy (non-hydrogen) atoms. The van der Waals surface area contributed by atoms with Crippen LogP contribution in [0.3, 0.4) is 0 Å². The number of hydrogen-bond acceptors (Lipinski definition) is 5. The molecule has 0 fully saturated rings. The maximum absolute atomic E-state index is 10.4. The topological polar surface area (TPSA) is 77.0 Å². The van der Waals surface area contributed by atoms with Gasteiger partial charge in [-0.1, -0.05) is 11.6 Å². The van der Waals surface area contributed by atoms with Crippen molar-refractivity contribution >= 4 is 22.7 Å².